The summed E-state index contributed by atoms with van der Waals surface area (Å²) in [7, 11) is 0. The van der Waals surface area contributed by atoms with Crippen molar-refractivity contribution < 1.29 is 9.90 Å². The van der Waals surface area contributed by atoms with Crippen LogP contribution in [0.2, 0.25) is 0 Å². The Morgan fingerprint density at radius 3 is 2.92 bits per heavy atom. The van der Waals surface area contributed by atoms with Crippen LogP contribution in [0, 0.1) is 18.3 Å². The Balaban J connectivity index is 2.28. The molecule has 0 bridgehead atoms. The summed E-state index contributed by atoms with van der Waals surface area (Å²) in [5, 5.41) is 8.57. The van der Waals surface area contributed by atoms with Gasteiger partial charge in [0.1, 0.15) is 0 Å². The third-order valence-electron chi connectivity index (χ3n) is 2.29. The molecule has 0 aromatic rings. The minimum Gasteiger partial charge on any atom is -0.396 e. The van der Waals surface area contributed by atoms with E-state index in [-0.39, 0.29) is 18.4 Å². The van der Waals surface area contributed by atoms with Crippen LogP contribution >= 0.6 is 0 Å². The molecule has 0 aliphatic carbocycles. The van der Waals surface area contributed by atoms with E-state index in [2.05, 4.69) is 5.92 Å². The maximum atomic E-state index is 11.3. The second kappa shape index (κ2) is 4.88. The zero-order valence-electron chi connectivity index (χ0n) is 7.70. The zero-order chi connectivity index (χ0) is 9.68. The molecule has 1 atom stereocenters. The van der Waals surface area contributed by atoms with E-state index < -0.39 is 0 Å². The molecule has 0 aromatic carbocycles. The lowest BCUT2D eigenvalue weighted by molar-refractivity contribution is -0.127. The average Bonchev–Trinajstić information content (AvgIpc) is 2.48. The van der Waals surface area contributed by atoms with E-state index in [0.29, 0.717) is 13.0 Å². The van der Waals surface area contributed by atoms with Gasteiger partial charge in [0.25, 0.3) is 0 Å². The van der Waals surface area contributed by atoms with Gasteiger partial charge in [-0.05, 0) is 12.8 Å². The number of nitrogens with zero attached hydrogens (tertiary/aromatic N) is 1. The molecule has 0 saturated carbocycles. The summed E-state index contributed by atoms with van der Waals surface area (Å²) in [5.74, 6) is 2.86. The van der Waals surface area contributed by atoms with Crippen molar-refractivity contribution in [1.82, 2.24) is 4.90 Å². The quantitative estimate of drug-likeness (QED) is 0.498. The molecule has 1 heterocycles. The van der Waals surface area contributed by atoms with E-state index in [1.165, 1.54) is 0 Å². The van der Waals surface area contributed by atoms with Gasteiger partial charge in [-0.3, -0.25) is 4.79 Å². The largest absolute Gasteiger partial charge is 0.396 e. The molecule has 0 aromatic heterocycles. The van der Waals surface area contributed by atoms with E-state index in [0.717, 1.165) is 19.4 Å². The lowest BCUT2D eigenvalue weighted by Gasteiger charge is -2.14. The number of rotatable bonds is 4. The van der Waals surface area contributed by atoms with Gasteiger partial charge in [-0.1, -0.05) is 0 Å². The maximum Gasteiger partial charge on any atom is 0.223 e. The summed E-state index contributed by atoms with van der Waals surface area (Å²) in [6.07, 6.45) is 7.35. The van der Waals surface area contributed by atoms with Crippen molar-refractivity contribution in [3.63, 3.8) is 0 Å². The van der Waals surface area contributed by atoms with Gasteiger partial charge in [0.2, 0.25) is 5.91 Å². The van der Waals surface area contributed by atoms with Gasteiger partial charge >= 0.3 is 0 Å². The first-order valence-corrected chi connectivity index (χ1v) is 4.62. The summed E-state index contributed by atoms with van der Waals surface area (Å²) in [6.45, 7) is 1.62. The number of amides is 1. The van der Waals surface area contributed by atoms with Crippen molar-refractivity contribution in [1.29, 1.82) is 0 Å². The van der Waals surface area contributed by atoms with Crippen molar-refractivity contribution in [3.8, 4) is 12.3 Å². The molecule has 3 heteroatoms. The Morgan fingerprint density at radius 2 is 2.38 bits per heavy atom. The van der Waals surface area contributed by atoms with Crippen LogP contribution in [-0.2, 0) is 4.79 Å². The third-order valence-corrected chi connectivity index (χ3v) is 2.29. The number of likely N-dealkylation sites (tertiary alicyclic amines) is 1. The summed E-state index contributed by atoms with van der Waals surface area (Å²) in [6, 6.07) is 0. The Hall–Kier alpha value is -1.01. The van der Waals surface area contributed by atoms with Crippen molar-refractivity contribution in [2.45, 2.75) is 19.3 Å². The fourth-order valence-electron chi connectivity index (χ4n) is 1.51. The highest BCUT2D eigenvalue weighted by atomic mass is 16.2. The Labute approximate surface area is 78.7 Å². The zero-order valence-corrected chi connectivity index (χ0v) is 7.70. The predicted octanol–water partition coefficient (Wildman–Crippen LogP) is 0.241. The summed E-state index contributed by atoms with van der Waals surface area (Å²) < 4.78 is 0. The number of aliphatic hydroxyl groups is 1. The van der Waals surface area contributed by atoms with Gasteiger partial charge in [0.15, 0.2) is 0 Å². The van der Waals surface area contributed by atoms with Crippen molar-refractivity contribution in [2.75, 3.05) is 19.7 Å². The van der Waals surface area contributed by atoms with Crippen LogP contribution in [0.5, 0.6) is 0 Å². The van der Waals surface area contributed by atoms with Gasteiger partial charge in [0, 0.05) is 32.0 Å². The lowest BCUT2D eigenvalue weighted by Crippen LogP contribution is -2.26. The van der Waals surface area contributed by atoms with Gasteiger partial charge in [0.05, 0.1) is 0 Å². The van der Waals surface area contributed by atoms with E-state index in [1.807, 2.05) is 0 Å². The highest BCUT2D eigenvalue weighted by molar-refractivity contribution is 5.79. The van der Waals surface area contributed by atoms with Crippen molar-refractivity contribution >= 4 is 5.91 Å². The van der Waals surface area contributed by atoms with Crippen molar-refractivity contribution in [2.24, 2.45) is 5.92 Å². The lowest BCUT2D eigenvalue weighted by atomic mass is 10.1. The van der Waals surface area contributed by atoms with Crippen LogP contribution < -0.4 is 0 Å². The molecular weight excluding hydrogens is 166 g/mol. The molecule has 1 aliphatic rings. The number of terminal acetylenes is 1. The fraction of sp³-hybridized carbons (Fsp3) is 0.700. The van der Waals surface area contributed by atoms with Crippen LogP contribution in [0.3, 0.4) is 0 Å². The van der Waals surface area contributed by atoms with E-state index in [4.69, 9.17) is 11.5 Å². The minimum atomic E-state index is 0.0987. The number of unbranched alkanes of at least 4 members (excludes halogenated alkanes) is 1. The Bertz CT molecular complexity index is 219. The molecule has 0 radical (unpaired) electrons. The monoisotopic (exact) mass is 181 g/mol. The average molecular weight is 181 g/mol. The van der Waals surface area contributed by atoms with E-state index in [9.17, 15) is 4.79 Å². The molecular formula is C10H15NO2. The third kappa shape index (κ3) is 2.74. The second-order valence-corrected chi connectivity index (χ2v) is 3.34. The normalized spacial score (nSPS) is 22.0. The first-order chi connectivity index (χ1) is 6.27. The molecule has 1 amide bonds. The van der Waals surface area contributed by atoms with E-state index >= 15 is 0 Å². The smallest absolute Gasteiger partial charge is 0.223 e. The minimum absolute atomic E-state index is 0.0987. The molecule has 1 rings (SSSR count). The number of carbonyl (C=O) groups is 1. The highest BCUT2D eigenvalue weighted by Crippen LogP contribution is 2.16. The summed E-state index contributed by atoms with van der Waals surface area (Å²) >= 11 is 0. The van der Waals surface area contributed by atoms with Gasteiger partial charge in [-0.25, -0.2) is 0 Å². The molecule has 72 valence electrons. The summed E-state index contributed by atoms with van der Waals surface area (Å²) in [5.41, 5.74) is 0. The molecule has 1 N–H and O–H groups in total. The summed E-state index contributed by atoms with van der Waals surface area (Å²) in [4.78, 5) is 13.1. The van der Waals surface area contributed by atoms with Crippen LogP contribution in [0.4, 0.5) is 0 Å². The van der Waals surface area contributed by atoms with E-state index in [1.54, 1.807) is 4.90 Å². The van der Waals surface area contributed by atoms with Crippen LogP contribution in [-0.4, -0.2) is 35.6 Å². The Morgan fingerprint density at radius 1 is 1.62 bits per heavy atom. The highest BCUT2D eigenvalue weighted by Gasteiger charge is 2.27. The van der Waals surface area contributed by atoms with Crippen LogP contribution in [0.25, 0.3) is 0 Å². The first kappa shape index (κ1) is 10.1. The molecule has 0 spiro atoms. The molecule has 13 heavy (non-hydrogen) atoms. The topological polar surface area (TPSA) is 40.5 Å². The van der Waals surface area contributed by atoms with Crippen molar-refractivity contribution in [3.05, 3.63) is 0 Å². The van der Waals surface area contributed by atoms with Gasteiger partial charge in [-0.2, -0.15) is 0 Å². The molecule has 1 saturated heterocycles. The molecule has 1 aliphatic heterocycles. The molecule has 1 unspecified atom stereocenters. The SMILES string of the molecule is C#CC1CC(=O)N(CCCCO)C1. The van der Waals surface area contributed by atoms with Crippen LogP contribution in [0.15, 0.2) is 0 Å². The van der Waals surface area contributed by atoms with Crippen LogP contribution in [0.1, 0.15) is 19.3 Å². The number of hydrogen-bond acceptors (Lipinski definition) is 2. The van der Waals surface area contributed by atoms with Gasteiger partial charge in [-0.15, -0.1) is 12.3 Å². The fourth-order valence-corrected chi connectivity index (χ4v) is 1.51. The first-order valence-electron chi connectivity index (χ1n) is 4.62. The molecule has 3 nitrogen and oxygen atoms in total. The number of carbonyl (C=O) groups excluding carboxylic acids is 1. The van der Waals surface area contributed by atoms with Gasteiger partial charge < -0.3 is 10.0 Å². The maximum absolute atomic E-state index is 11.3. The standard InChI is InChI=1S/C10H15NO2/c1-2-9-7-10(13)11(8-9)5-3-4-6-12/h1,9,12H,3-8H2. The molecule has 1 fully saturated rings. The Kier molecular flexibility index (Phi) is 3.78. The number of hydrogen-bond donors (Lipinski definition) is 1. The second-order valence-electron chi connectivity index (χ2n) is 3.34. The number of aliphatic hydroxyl groups excluding tert-OH is 1. The predicted molar refractivity (Wildman–Crippen MR) is 49.8 cm³/mol.